The van der Waals surface area contributed by atoms with E-state index in [9.17, 15) is 0 Å². The lowest BCUT2D eigenvalue weighted by Crippen LogP contribution is -2.62. The number of benzene rings is 9. The van der Waals surface area contributed by atoms with Crippen LogP contribution in [0, 0.1) is 0 Å². The Morgan fingerprint density at radius 2 is 1.08 bits per heavy atom. The van der Waals surface area contributed by atoms with Crippen LogP contribution in [0.3, 0.4) is 0 Å². The van der Waals surface area contributed by atoms with Gasteiger partial charge in [0.1, 0.15) is 11.2 Å². The number of fused-ring (bicyclic) bond motifs is 15. The van der Waals surface area contributed by atoms with Gasteiger partial charge in [0.15, 0.2) is 0 Å². The van der Waals surface area contributed by atoms with Crippen LogP contribution in [0.4, 0.5) is 45.5 Å². The van der Waals surface area contributed by atoms with E-state index < -0.39 is 0 Å². The topological polar surface area (TPSA) is 22.9 Å². The molecule has 6 heteroatoms. The maximum absolute atomic E-state index is 7.45. The summed E-state index contributed by atoms with van der Waals surface area (Å²) in [6.45, 7) is 29.2. The first-order chi connectivity index (χ1) is 40.1. The van der Waals surface area contributed by atoms with E-state index in [0.717, 1.165) is 59.0 Å². The zero-order valence-corrected chi connectivity index (χ0v) is 52.0. The maximum atomic E-state index is 7.45. The molecule has 2 atom stereocenters. The van der Waals surface area contributed by atoms with Gasteiger partial charge in [-0.1, -0.05) is 186 Å². The number of hydrogen-bond donors (Lipinski definition) is 0. The van der Waals surface area contributed by atoms with Crippen molar-refractivity contribution in [3.8, 4) is 11.1 Å². The molecule has 84 heavy (non-hydrogen) atoms. The molecule has 1 saturated carbocycles. The van der Waals surface area contributed by atoms with Gasteiger partial charge < -0.3 is 19.1 Å². The fourth-order valence-electron chi connectivity index (χ4n) is 16.5. The molecule has 9 aromatic carbocycles. The summed E-state index contributed by atoms with van der Waals surface area (Å²) in [5, 5.41) is 4.92. The first kappa shape index (κ1) is 52.1. The average molecular weight is 1110 g/mol. The van der Waals surface area contributed by atoms with E-state index in [2.05, 4.69) is 268 Å². The molecule has 0 spiro atoms. The van der Waals surface area contributed by atoms with E-state index in [-0.39, 0.29) is 39.3 Å². The summed E-state index contributed by atoms with van der Waals surface area (Å²) in [4.78, 5) is 8.30. The van der Waals surface area contributed by atoms with Gasteiger partial charge in [0, 0.05) is 76.0 Å². The second-order valence-corrected chi connectivity index (χ2v) is 30.5. The summed E-state index contributed by atoms with van der Waals surface area (Å²) >= 11 is 1.91. The normalized spacial score (nSPS) is 20.3. The number of anilines is 8. The van der Waals surface area contributed by atoms with Crippen molar-refractivity contribution in [3.63, 3.8) is 0 Å². The molecule has 0 saturated heterocycles. The summed E-state index contributed by atoms with van der Waals surface area (Å²) in [5.41, 5.74) is 24.7. The minimum atomic E-state index is -0.207. The molecule has 2 aliphatic carbocycles. The SMILES string of the molecule is CC(C)(C)c1ccc(N2c3cc(N4c5ccc(C(C)(C)C)cc5C5(C)CCCCC45C)cc4c3B(c3cc5c(cc3N4c3cccc4sc6ccccc6c34)C(C)(C)CCC5(C)C)c3c2ccc2c3oc3ccccc32)c(-c2ccccc2)c1. The zero-order chi connectivity index (χ0) is 57.8. The molecule has 16 rings (SSSR count). The van der Waals surface area contributed by atoms with Crippen LogP contribution in [0.15, 0.2) is 174 Å². The third kappa shape index (κ3) is 7.19. The van der Waals surface area contributed by atoms with Crippen molar-refractivity contribution in [2.75, 3.05) is 14.7 Å². The van der Waals surface area contributed by atoms with Crippen LogP contribution in [0.2, 0.25) is 0 Å². The highest BCUT2D eigenvalue weighted by atomic mass is 32.1. The van der Waals surface area contributed by atoms with E-state index in [1.54, 1.807) is 0 Å². The lowest BCUT2D eigenvalue weighted by Gasteiger charge is -2.51. The Bertz CT molecular complexity index is 4600. The first-order valence-electron chi connectivity index (χ1n) is 31.1. The van der Waals surface area contributed by atoms with Gasteiger partial charge in [-0.2, -0.15) is 0 Å². The van der Waals surface area contributed by atoms with Gasteiger partial charge in [-0.15, -0.1) is 11.3 Å². The van der Waals surface area contributed by atoms with Gasteiger partial charge in [-0.05, 0) is 177 Å². The molecule has 3 aliphatic heterocycles. The van der Waals surface area contributed by atoms with E-state index in [0.29, 0.717) is 0 Å². The predicted molar refractivity (Wildman–Crippen MR) is 362 cm³/mol. The van der Waals surface area contributed by atoms with Crippen molar-refractivity contribution in [1.29, 1.82) is 0 Å². The van der Waals surface area contributed by atoms with Gasteiger partial charge >= 0.3 is 0 Å². The highest BCUT2D eigenvalue weighted by molar-refractivity contribution is 7.26. The van der Waals surface area contributed by atoms with E-state index in [1.807, 2.05) is 11.3 Å². The summed E-state index contributed by atoms with van der Waals surface area (Å²) in [5.74, 6) is 0. The third-order valence-corrected chi connectivity index (χ3v) is 22.7. The predicted octanol–water partition coefficient (Wildman–Crippen LogP) is 20.4. The van der Waals surface area contributed by atoms with Crippen molar-refractivity contribution in [2.45, 2.75) is 154 Å². The Kier molecular flexibility index (Phi) is 10.9. The molecule has 5 heterocycles. The van der Waals surface area contributed by atoms with Crippen LogP contribution in [0.5, 0.6) is 0 Å². The standard InChI is InChI=1S/C78H76BN3OS/c1-73(2,3)48-31-34-59(54(41-48)47-23-14-13-15-24-47)80-62-36-33-52-51-25-16-18-28-66(51)83-72(52)71(62)79-58-45-55-56(76(9,10)40-39-75(55,7)8)46-63(58)81(61-27-22-30-68-69(61)53-26-17-19-29-67(53)84-68)65-44-50(43-64(80)70(65)79)82-60-35-32-49(74(4,5)6)42-57(60)77(11)37-20-21-38-78(77,82)12/h13-19,22-36,41-46H,20-21,37-40H2,1-12H3. The summed E-state index contributed by atoms with van der Waals surface area (Å²) in [6, 6.07) is 66.5. The molecule has 11 aromatic rings. The molecule has 4 nitrogen and oxygen atoms in total. The van der Waals surface area contributed by atoms with Crippen LogP contribution in [-0.2, 0) is 27.1 Å². The number of furan rings is 1. The quantitative estimate of drug-likeness (QED) is 0.164. The molecule has 0 N–H and O–H groups in total. The monoisotopic (exact) mass is 1110 g/mol. The molecule has 5 aliphatic rings. The maximum Gasteiger partial charge on any atom is 0.257 e. The third-order valence-electron chi connectivity index (χ3n) is 21.6. The van der Waals surface area contributed by atoms with Crippen LogP contribution in [-0.4, -0.2) is 12.3 Å². The molecule has 0 amide bonds. The van der Waals surface area contributed by atoms with Crippen LogP contribution in [0.25, 0.3) is 53.2 Å². The van der Waals surface area contributed by atoms with Gasteiger partial charge in [0.05, 0.1) is 16.9 Å². The zero-order valence-electron chi connectivity index (χ0n) is 51.1. The average Bonchev–Trinajstić information content (AvgIpc) is 1.22. The summed E-state index contributed by atoms with van der Waals surface area (Å²) in [7, 11) is 0. The van der Waals surface area contributed by atoms with Crippen molar-refractivity contribution < 1.29 is 4.42 Å². The van der Waals surface area contributed by atoms with E-state index in [4.69, 9.17) is 4.42 Å². The smallest absolute Gasteiger partial charge is 0.257 e. The molecular formula is C78H76BN3OS. The first-order valence-corrected chi connectivity index (χ1v) is 31.9. The van der Waals surface area contributed by atoms with Gasteiger partial charge in [0.2, 0.25) is 0 Å². The lowest BCUT2D eigenvalue weighted by molar-refractivity contribution is 0.195. The summed E-state index contributed by atoms with van der Waals surface area (Å²) in [6.07, 6.45) is 6.93. The van der Waals surface area contributed by atoms with Crippen LogP contribution < -0.4 is 31.1 Å². The fraction of sp³-hybridized carbons (Fsp3) is 0.308. The minimum absolute atomic E-state index is 0.0107. The molecular weight excluding hydrogens is 1040 g/mol. The number of hydrogen-bond acceptors (Lipinski definition) is 5. The molecule has 2 aromatic heterocycles. The largest absolute Gasteiger partial charge is 0.457 e. The highest BCUT2D eigenvalue weighted by Gasteiger charge is 2.59. The Labute approximate surface area is 501 Å². The highest BCUT2D eigenvalue weighted by Crippen LogP contribution is 2.63. The lowest BCUT2D eigenvalue weighted by atomic mass is 9.33. The Balaban J connectivity index is 1.11. The van der Waals surface area contributed by atoms with Crippen molar-refractivity contribution in [2.24, 2.45) is 0 Å². The van der Waals surface area contributed by atoms with E-state index >= 15 is 0 Å². The molecule has 2 unspecified atom stereocenters. The van der Waals surface area contributed by atoms with Crippen molar-refractivity contribution in [3.05, 3.63) is 198 Å². The van der Waals surface area contributed by atoms with Crippen molar-refractivity contribution >= 4 is 122 Å². The second kappa shape index (κ2) is 17.5. The Morgan fingerprint density at radius 1 is 0.464 bits per heavy atom. The Hall–Kier alpha value is -7.54. The molecule has 418 valence electrons. The molecule has 0 radical (unpaired) electrons. The van der Waals surface area contributed by atoms with Crippen molar-refractivity contribution in [1.82, 2.24) is 0 Å². The second-order valence-electron chi connectivity index (χ2n) is 29.4. The number of para-hydroxylation sites is 1. The number of rotatable bonds is 4. The summed E-state index contributed by atoms with van der Waals surface area (Å²) < 4.78 is 10.1. The molecule has 0 bridgehead atoms. The van der Waals surface area contributed by atoms with E-state index in [1.165, 1.54) is 122 Å². The number of nitrogens with zero attached hydrogens (tertiary/aromatic N) is 3. The van der Waals surface area contributed by atoms with Gasteiger partial charge in [-0.25, -0.2) is 0 Å². The fourth-order valence-corrected chi connectivity index (χ4v) is 17.7. The minimum Gasteiger partial charge on any atom is -0.457 e. The van der Waals surface area contributed by atoms with Crippen LogP contribution >= 0.6 is 11.3 Å². The van der Waals surface area contributed by atoms with Gasteiger partial charge in [0.25, 0.3) is 6.71 Å². The van der Waals surface area contributed by atoms with Crippen LogP contribution in [0.1, 0.15) is 149 Å². The van der Waals surface area contributed by atoms with Gasteiger partial charge in [-0.3, -0.25) is 0 Å². The Morgan fingerprint density at radius 3 is 1.82 bits per heavy atom. The number of thiophene rings is 1. The molecule has 1 fully saturated rings.